The first-order valence-electron chi connectivity index (χ1n) is 8.19. The van der Waals surface area contributed by atoms with Crippen molar-refractivity contribution in [3.05, 3.63) is 41.4 Å². The first-order chi connectivity index (χ1) is 11.0. The van der Waals surface area contributed by atoms with E-state index in [0.717, 1.165) is 12.8 Å². The van der Waals surface area contributed by atoms with Crippen molar-refractivity contribution in [1.29, 1.82) is 0 Å². The number of carbonyl (C=O) groups is 1. The highest BCUT2D eigenvalue weighted by molar-refractivity contribution is 7.94. The molecule has 0 radical (unpaired) electrons. The van der Waals surface area contributed by atoms with Crippen LogP contribution in [0.4, 0.5) is 0 Å². The molecule has 1 fully saturated rings. The lowest BCUT2D eigenvalue weighted by Crippen LogP contribution is -2.30. The van der Waals surface area contributed by atoms with Gasteiger partial charge in [-0.25, -0.2) is 8.42 Å². The molecule has 1 aliphatic heterocycles. The summed E-state index contributed by atoms with van der Waals surface area (Å²) in [6.45, 7) is 0. The van der Waals surface area contributed by atoms with Crippen LogP contribution >= 0.6 is 0 Å². The van der Waals surface area contributed by atoms with Crippen molar-refractivity contribution in [2.24, 2.45) is 10.9 Å². The smallest absolute Gasteiger partial charge is 0.232 e. The third kappa shape index (κ3) is 4.19. The first-order valence-corrected chi connectivity index (χ1v) is 9.91. The topological polar surface area (TPSA) is 68.5 Å². The van der Waals surface area contributed by atoms with E-state index in [-0.39, 0.29) is 30.0 Å². The zero-order chi connectivity index (χ0) is 16.3. The van der Waals surface area contributed by atoms with Gasteiger partial charge in [-0.05, 0) is 25.0 Å². The van der Waals surface area contributed by atoms with E-state index < -0.39 is 9.84 Å². The Morgan fingerprint density at radius 2 is 2.00 bits per heavy atom. The number of carbonyl (C=O) groups excluding carboxylic acids is 1. The fourth-order valence-corrected chi connectivity index (χ4v) is 4.64. The zero-order valence-corrected chi connectivity index (χ0v) is 13.9. The molecule has 3 rings (SSSR count). The molecule has 0 bridgehead atoms. The Kier molecular flexibility index (Phi) is 4.80. The van der Waals surface area contributed by atoms with Gasteiger partial charge in [0.1, 0.15) is 5.49 Å². The fourth-order valence-electron chi connectivity index (χ4n) is 3.24. The highest BCUT2D eigenvalue weighted by Crippen LogP contribution is 2.20. The summed E-state index contributed by atoms with van der Waals surface area (Å²) in [5.41, 5.74) is 0.675. The summed E-state index contributed by atoms with van der Waals surface area (Å²) in [6.07, 6.45) is 9.34. The molecule has 1 saturated carbocycles. The van der Waals surface area contributed by atoms with Crippen LogP contribution < -0.4 is 5.49 Å². The van der Waals surface area contributed by atoms with Gasteiger partial charge in [-0.1, -0.05) is 31.4 Å². The Balaban J connectivity index is 1.78. The average molecular weight is 334 g/mol. The summed E-state index contributed by atoms with van der Waals surface area (Å²) in [4.78, 5) is 17.3. The molecule has 124 valence electrons. The van der Waals surface area contributed by atoms with E-state index in [2.05, 4.69) is 0 Å². The summed E-state index contributed by atoms with van der Waals surface area (Å²) in [7, 11) is -3.12. The maximum Gasteiger partial charge on any atom is 0.232 e. The molecule has 0 amide bonds. The van der Waals surface area contributed by atoms with Crippen molar-refractivity contribution < 1.29 is 13.2 Å². The average Bonchev–Trinajstić information content (AvgIpc) is 2.87. The molecular formula is C17H22N2O3S. The van der Waals surface area contributed by atoms with Crippen molar-refractivity contribution in [2.45, 2.75) is 44.6 Å². The molecular weight excluding hydrogens is 312 g/mol. The molecule has 2 heterocycles. The molecule has 0 spiro atoms. The van der Waals surface area contributed by atoms with Crippen LogP contribution in [-0.4, -0.2) is 30.7 Å². The van der Waals surface area contributed by atoms with E-state index in [1.54, 1.807) is 22.9 Å². The van der Waals surface area contributed by atoms with Crippen molar-refractivity contribution in [2.75, 3.05) is 5.75 Å². The first kappa shape index (κ1) is 16.2. The maximum absolute atomic E-state index is 12.5. The van der Waals surface area contributed by atoms with Crippen molar-refractivity contribution in [3.8, 4) is 0 Å². The molecule has 1 aromatic heterocycles. The number of pyridine rings is 1. The van der Waals surface area contributed by atoms with Gasteiger partial charge >= 0.3 is 0 Å². The van der Waals surface area contributed by atoms with Crippen LogP contribution in [0.3, 0.4) is 0 Å². The fraction of sp³-hybridized carbons (Fsp3) is 0.529. The van der Waals surface area contributed by atoms with Gasteiger partial charge in [-0.15, -0.1) is 0 Å². The molecule has 1 unspecified atom stereocenters. The van der Waals surface area contributed by atoms with Gasteiger partial charge in [0, 0.05) is 23.9 Å². The Bertz CT molecular complexity index is 771. The van der Waals surface area contributed by atoms with Gasteiger partial charge in [-0.3, -0.25) is 14.4 Å². The van der Waals surface area contributed by atoms with Crippen LogP contribution in [0.5, 0.6) is 0 Å². The lowest BCUT2D eigenvalue weighted by atomic mass is 9.96. The third-order valence-corrected chi connectivity index (χ3v) is 5.90. The van der Waals surface area contributed by atoms with Gasteiger partial charge in [0.25, 0.3) is 0 Å². The van der Waals surface area contributed by atoms with Crippen molar-refractivity contribution >= 4 is 15.7 Å². The number of rotatable bonds is 3. The van der Waals surface area contributed by atoms with E-state index >= 15 is 0 Å². The van der Waals surface area contributed by atoms with Gasteiger partial charge in [-0.2, -0.15) is 0 Å². The molecule has 2 aliphatic rings. The van der Waals surface area contributed by atoms with E-state index in [4.69, 9.17) is 4.99 Å². The van der Waals surface area contributed by atoms with Crippen LogP contribution in [0.1, 0.15) is 43.3 Å². The van der Waals surface area contributed by atoms with Gasteiger partial charge < -0.3 is 0 Å². The van der Waals surface area contributed by atoms with Crippen molar-refractivity contribution in [1.82, 2.24) is 4.57 Å². The van der Waals surface area contributed by atoms with E-state index in [0.29, 0.717) is 5.49 Å². The lowest BCUT2D eigenvalue weighted by Gasteiger charge is -2.18. The highest BCUT2D eigenvalue weighted by Gasteiger charge is 2.24. The van der Waals surface area contributed by atoms with Crippen molar-refractivity contribution in [3.63, 3.8) is 0 Å². The molecule has 1 aliphatic carbocycles. The predicted octanol–water partition coefficient (Wildman–Crippen LogP) is 2.31. The quantitative estimate of drug-likeness (QED) is 0.852. The molecule has 23 heavy (non-hydrogen) atoms. The largest absolute Gasteiger partial charge is 0.274 e. The highest BCUT2D eigenvalue weighted by atomic mass is 32.2. The van der Waals surface area contributed by atoms with Crippen LogP contribution in [0.2, 0.25) is 0 Å². The van der Waals surface area contributed by atoms with Crippen LogP contribution in [0.25, 0.3) is 0 Å². The van der Waals surface area contributed by atoms with Crippen LogP contribution in [0.15, 0.2) is 40.9 Å². The normalized spacial score (nSPS) is 24.9. The second kappa shape index (κ2) is 6.83. The van der Waals surface area contributed by atoms with Gasteiger partial charge in [0.15, 0.2) is 9.84 Å². The van der Waals surface area contributed by atoms with Gasteiger partial charge in [0.2, 0.25) is 5.91 Å². The molecule has 0 aromatic carbocycles. The molecule has 1 atom stereocenters. The predicted molar refractivity (Wildman–Crippen MR) is 88.5 cm³/mol. The number of hydrogen-bond acceptors (Lipinski definition) is 4. The Morgan fingerprint density at radius 1 is 1.22 bits per heavy atom. The van der Waals surface area contributed by atoms with E-state index in [1.165, 1.54) is 24.7 Å². The molecule has 0 N–H and O–H groups in total. The summed E-state index contributed by atoms with van der Waals surface area (Å²) in [5.74, 6) is -0.309. The molecule has 0 saturated heterocycles. The minimum absolute atomic E-state index is 0.0290. The Hall–Kier alpha value is -1.69. The number of sulfone groups is 1. The minimum atomic E-state index is -3.12. The zero-order valence-electron chi connectivity index (χ0n) is 13.1. The summed E-state index contributed by atoms with van der Waals surface area (Å²) >= 11 is 0. The van der Waals surface area contributed by atoms with Gasteiger partial charge in [0.05, 0.1) is 11.8 Å². The standard InChI is InChI=1S/C17H22N2O3S/c20-17(12-14-9-11-23(21,22)13-14)19-10-5-4-8-16(19)18-15-6-2-1-3-7-15/h4-5,8-11,14-15H,1-3,6-7,12-13H2. The van der Waals surface area contributed by atoms with Crippen LogP contribution in [-0.2, 0) is 9.84 Å². The summed E-state index contributed by atoms with van der Waals surface area (Å²) < 4.78 is 24.5. The Labute approximate surface area is 136 Å². The molecule has 6 heteroatoms. The van der Waals surface area contributed by atoms with Crippen LogP contribution in [0, 0.1) is 5.92 Å². The SMILES string of the molecule is O=C(CC1C=CS(=O)(=O)C1)n1ccccc1=NC1CCCCC1. The number of allylic oxidation sites excluding steroid dienone is 1. The Morgan fingerprint density at radius 3 is 2.70 bits per heavy atom. The second-order valence-electron chi connectivity index (χ2n) is 6.37. The lowest BCUT2D eigenvalue weighted by molar-refractivity contribution is 0.0886. The molecule has 1 aromatic rings. The van der Waals surface area contributed by atoms with E-state index in [9.17, 15) is 13.2 Å². The summed E-state index contributed by atoms with van der Waals surface area (Å²) in [5, 5.41) is 1.22. The number of nitrogens with zero attached hydrogens (tertiary/aromatic N) is 2. The number of aromatic nitrogens is 1. The monoisotopic (exact) mass is 334 g/mol. The third-order valence-electron chi connectivity index (χ3n) is 4.44. The van der Waals surface area contributed by atoms with E-state index in [1.807, 2.05) is 12.1 Å². The molecule has 5 nitrogen and oxygen atoms in total. The second-order valence-corrected chi connectivity index (χ2v) is 8.30. The number of hydrogen-bond donors (Lipinski definition) is 0. The summed E-state index contributed by atoms with van der Waals surface area (Å²) in [6, 6.07) is 5.83. The minimum Gasteiger partial charge on any atom is -0.274 e. The maximum atomic E-state index is 12.5.